The maximum absolute atomic E-state index is 12.8. The van der Waals surface area contributed by atoms with Gasteiger partial charge in [-0.3, -0.25) is 14.2 Å². The van der Waals surface area contributed by atoms with Crippen LogP contribution in [0.25, 0.3) is 22.2 Å². The van der Waals surface area contributed by atoms with Crippen molar-refractivity contribution in [2.24, 2.45) is 7.05 Å². The number of nitrogens with zero attached hydrogens (tertiary/aromatic N) is 2. The van der Waals surface area contributed by atoms with Crippen molar-refractivity contribution in [3.8, 4) is 11.1 Å². The topological polar surface area (TPSA) is 106 Å². The molecule has 4 rings (SSSR count). The van der Waals surface area contributed by atoms with Crippen LogP contribution in [-0.2, 0) is 16.6 Å². The molecule has 2 heterocycles. The van der Waals surface area contributed by atoms with Crippen molar-refractivity contribution < 1.29 is 14.3 Å². The number of hydrogen-bond donors (Lipinski definition) is 2. The molecule has 0 aliphatic rings. The molecule has 168 valence electrons. The van der Waals surface area contributed by atoms with Crippen LogP contribution in [0.4, 0.5) is 5.69 Å². The number of aromatic amines is 1. The Morgan fingerprint density at radius 1 is 1.15 bits per heavy atom. The van der Waals surface area contributed by atoms with Crippen LogP contribution in [0.3, 0.4) is 0 Å². The largest absolute Gasteiger partial charge is 0.462 e. The summed E-state index contributed by atoms with van der Waals surface area (Å²) < 4.78 is 6.41. The van der Waals surface area contributed by atoms with Gasteiger partial charge in [-0.25, -0.2) is 9.78 Å². The molecule has 9 heteroatoms. The fourth-order valence-corrected chi connectivity index (χ4v) is 4.12. The molecule has 0 saturated carbocycles. The van der Waals surface area contributed by atoms with E-state index in [-0.39, 0.29) is 23.8 Å². The standard InChI is InChI=1S/C24H22N4O4S/c1-3-32-23(31)16-10-7-11-17(12-16)26-19(29)14-33-24-27-20-18(15-8-5-4-6-9-15)13-25-21(20)22(30)28(24)2/h4-13,25H,3,14H2,1-2H3,(H,26,29). The third kappa shape index (κ3) is 4.83. The summed E-state index contributed by atoms with van der Waals surface area (Å²) in [6.45, 7) is 2.00. The van der Waals surface area contributed by atoms with Gasteiger partial charge in [0.15, 0.2) is 5.16 Å². The van der Waals surface area contributed by atoms with Gasteiger partial charge in [-0.05, 0) is 30.7 Å². The number of aromatic nitrogens is 3. The Bertz CT molecular complexity index is 1380. The van der Waals surface area contributed by atoms with Gasteiger partial charge in [0.2, 0.25) is 5.91 Å². The molecule has 0 spiro atoms. The molecule has 0 bridgehead atoms. The number of nitrogens with one attached hydrogen (secondary N) is 2. The molecule has 0 unspecified atom stereocenters. The second kappa shape index (κ2) is 9.74. The molecule has 0 saturated heterocycles. The number of fused-ring (bicyclic) bond motifs is 1. The van der Waals surface area contributed by atoms with Gasteiger partial charge in [-0.1, -0.05) is 48.2 Å². The highest BCUT2D eigenvalue weighted by Crippen LogP contribution is 2.27. The fraction of sp³-hybridized carbons (Fsp3) is 0.167. The Morgan fingerprint density at radius 3 is 2.70 bits per heavy atom. The molecule has 8 nitrogen and oxygen atoms in total. The van der Waals surface area contributed by atoms with Crippen LogP contribution in [0.1, 0.15) is 17.3 Å². The minimum Gasteiger partial charge on any atom is -0.462 e. The summed E-state index contributed by atoms with van der Waals surface area (Å²) in [6, 6.07) is 16.2. The third-order valence-electron chi connectivity index (χ3n) is 4.94. The molecule has 2 aromatic carbocycles. The zero-order valence-electron chi connectivity index (χ0n) is 18.1. The van der Waals surface area contributed by atoms with Crippen molar-refractivity contribution in [1.82, 2.24) is 14.5 Å². The Kier molecular flexibility index (Phi) is 6.60. The van der Waals surface area contributed by atoms with Crippen molar-refractivity contribution in [3.05, 3.63) is 76.7 Å². The zero-order valence-corrected chi connectivity index (χ0v) is 18.9. The molecular formula is C24H22N4O4S. The molecule has 0 atom stereocenters. The van der Waals surface area contributed by atoms with E-state index < -0.39 is 5.97 Å². The van der Waals surface area contributed by atoms with E-state index in [0.29, 0.717) is 27.4 Å². The number of H-pyrrole nitrogens is 1. The lowest BCUT2D eigenvalue weighted by Gasteiger charge is -2.09. The number of esters is 1. The maximum Gasteiger partial charge on any atom is 0.338 e. The minimum absolute atomic E-state index is 0.0422. The highest BCUT2D eigenvalue weighted by Gasteiger charge is 2.16. The van der Waals surface area contributed by atoms with Crippen molar-refractivity contribution in [2.45, 2.75) is 12.1 Å². The average Bonchev–Trinajstić information content (AvgIpc) is 3.25. The molecule has 0 fully saturated rings. The highest BCUT2D eigenvalue weighted by molar-refractivity contribution is 7.99. The molecule has 0 aliphatic carbocycles. The number of carbonyl (C=O) groups is 2. The lowest BCUT2D eigenvalue weighted by molar-refractivity contribution is -0.113. The van der Waals surface area contributed by atoms with Gasteiger partial charge in [0.1, 0.15) is 11.0 Å². The number of ether oxygens (including phenoxy) is 1. The van der Waals surface area contributed by atoms with E-state index in [9.17, 15) is 14.4 Å². The van der Waals surface area contributed by atoms with Crippen LogP contribution in [0.2, 0.25) is 0 Å². The normalized spacial score (nSPS) is 10.8. The highest BCUT2D eigenvalue weighted by atomic mass is 32.2. The predicted octanol–water partition coefficient (Wildman–Crippen LogP) is 3.84. The molecule has 2 N–H and O–H groups in total. The van der Waals surface area contributed by atoms with E-state index in [0.717, 1.165) is 22.9 Å². The minimum atomic E-state index is -0.448. The Morgan fingerprint density at radius 2 is 1.94 bits per heavy atom. The summed E-state index contributed by atoms with van der Waals surface area (Å²) in [7, 11) is 1.63. The number of hydrogen-bond acceptors (Lipinski definition) is 6. The first-order valence-electron chi connectivity index (χ1n) is 10.3. The Labute approximate surface area is 194 Å². The van der Waals surface area contributed by atoms with E-state index in [1.807, 2.05) is 30.3 Å². The fourth-order valence-electron chi connectivity index (χ4n) is 3.35. The molecule has 33 heavy (non-hydrogen) atoms. The summed E-state index contributed by atoms with van der Waals surface area (Å²) in [6.07, 6.45) is 1.77. The molecule has 4 aromatic rings. The summed E-state index contributed by atoms with van der Waals surface area (Å²) in [5.74, 6) is -0.690. The monoisotopic (exact) mass is 462 g/mol. The molecular weight excluding hydrogens is 440 g/mol. The second-order valence-corrected chi connectivity index (χ2v) is 8.13. The first-order chi connectivity index (χ1) is 16.0. The molecule has 0 radical (unpaired) electrons. The number of rotatable bonds is 7. The number of thioether (sulfide) groups is 1. The van der Waals surface area contributed by atoms with Gasteiger partial charge in [-0.15, -0.1) is 0 Å². The van der Waals surface area contributed by atoms with Crippen LogP contribution < -0.4 is 10.9 Å². The van der Waals surface area contributed by atoms with Gasteiger partial charge in [-0.2, -0.15) is 0 Å². The molecule has 0 aliphatic heterocycles. The van der Waals surface area contributed by atoms with Crippen LogP contribution in [0.5, 0.6) is 0 Å². The van der Waals surface area contributed by atoms with Crippen LogP contribution in [0, 0.1) is 0 Å². The van der Waals surface area contributed by atoms with E-state index in [1.165, 1.54) is 4.57 Å². The smallest absolute Gasteiger partial charge is 0.338 e. The lowest BCUT2D eigenvalue weighted by atomic mass is 10.1. The van der Waals surface area contributed by atoms with Crippen molar-refractivity contribution in [3.63, 3.8) is 0 Å². The maximum atomic E-state index is 12.8. The predicted molar refractivity (Wildman–Crippen MR) is 129 cm³/mol. The zero-order chi connectivity index (χ0) is 23.4. The third-order valence-corrected chi connectivity index (χ3v) is 5.97. The van der Waals surface area contributed by atoms with E-state index >= 15 is 0 Å². The number of anilines is 1. The Hall–Kier alpha value is -3.85. The van der Waals surface area contributed by atoms with Crippen molar-refractivity contribution in [2.75, 3.05) is 17.7 Å². The SMILES string of the molecule is CCOC(=O)c1cccc(NC(=O)CSc2nc3c(-c4ccccc4)c[nH]c3c(=O)n2C)c1. The van der Waals surface area contributed by atoms with Crippen LogP contribution >= 0.6 is 11.8 Å². The number of benzene rings is 2. The van der Waals surface area contributed by atoms with Gasteiger partial charge in [0.25, 0.3) is 5.56 Å². The van der Waals surface area contributed by atoms with Gasteiger partial charge < -0.3 is 15.0 Å². The summed E-state index contributed by atoms with van der Waals surface area (Å²) in [4.78, 5) is 44.9. The summed E-state index contributed by atoms with van der Waals surface area (Å²) in [5, 5.41) is 3.19. The second-order valence-electron chi connectivity index (χ2n) is 7.19. The molecule has 2 aromatic heterocycles. The van der Waals surface area contributed by atoms with Crippen LogP contribution in [-0.4, -0.2) is 38.8 Å². The average molecular weight is 463 g/mol. The van der Waals surface area contributed by atoms with Gasteiger partial charge >= 0.3 is 5.97 Å². The summed E-state index contributed by atoms with van der Waals surface area (Å²) >= 11 is 1.16. The van der Waals surface area contributed by atoms with Gasteiger partial charge in [0, 0.05) is 24.5 Å². The van der Waals surface area contributed by atoms with E-state index in [1.54, 1.807) is 44.4 Å². The van der Waals surface area contributed by atoms with Crippen LogP contribution in [0.15, 0.2) is 70.7 Å². The number of amides is 1. The van der Waals surface area contributed by atoms with E-state index in [4.69, 9.17) is 4.74 Å². The molecule has 1 amide bonds. The first kappa shape index (κ1) is 22.3. The van der Waals surface area contributed by atoms with Gasteiger partial charge in [0.05, 0.1) is 17.9 Å². The summed E-state index contributed by atoms with van der Waals surface area (Å²) in [5.41, 5.74) is 3.38. The van der Waals surface area contributed by atoms with Crippen molar-refractivity contribution in [1.29, 1.82) is 0 Å². The quantitative estimate of drug-likeness (QED) is 0.246. The Balaban J connectivity index is 1.52. The van der Waals surface area contributed by atoms with E-state index in [2.05, 4.69) is 15.3 Å². The van der Waals surface area contributed by atoms with Crippen molar-refractivity contribution >= 4 is 40.4 Å². The lowest BCUT2D eigenvalue weighted by Crippen LogP contribution is -2.21. The number of carbonyl (C=O) groups excluding carboxylic acids is 2. The first-order valence-corrected chi connectivity index (χ1v) is 11.3.